The third kappa shape index (κ3) is 7.63. The summed E-state index contributed by atoms with van der Waals surface area (Å²) in [6, 6.07) is 10.7. The Morgan fingerprint density at radius 3 is 2.40 bits per heavy atom. The van der Waals surface area contributed by atoms with Crippen molar-refractivity contribution >= 4 is 0 Å². The Morgan fingerprint density at radius 1 is 1.10 bits per heavy atom. The maximum absolute atomic E-state index is 5.76. The Balaban J connectivity index is 2.34. The van der Waals surface area contributed by atoms with Crippen molar-refractivity contribution in [2.24, 2.45) is 0 Å². The van der Waals surface area contributed by atoms with Crippen LogP contribution in [0.5, 0.6) is 0 Å². The average Bonchev–Trinajstić information content (AvgIpc) is 2.41. The largest absolute Gasteiger partial charge is 0.377 e. The molecule has 1 N–H and O–H groups in total. The minimum absolute atomic E-state index is 0.0946. The monoisotopic (exact) mass is 279 g/mol. The van der Waals surface area contributed by atoms with Gasteiger partial charge in [0.1, 0.15) is 0 Å². The number of rotatable bonds is 9. The van der Waals surface area contributed by atoms with E-state index in [4.69, 9.17) is 9.47 Å². The third-order valence-corrected chi connectivity index (χ3v) is 2.89. The topological polar surface area (TPSA) is 30.5 Å². The van der Waals surface area contributed by atoms with Crippen LogP contribution >= 0.6 is 0 Å². The van der Waals surface area contributed by atoms with Crippen molar-refractivity contribution < 1.29 is 9.47 Å². The molecule has 0 amide bonds. The van der Waals surface area contributed by atoms with E-state index in [1.54, 1.807) is 0 Å². The first kappa shape index (κ1) is 17.2. The number of hydrogen-bond acceptors (Lipinski definition) is 3. The van der Waals surface area contributed by atoms with Gasteiger partial charge in [-0.15, -0.1) is 0 Å². The van der Waals surface area contributed by atoms with Gasteiger partial charge < -0.3 is 14.8 Å². The summed E-state index contributed by atoms with van der Waals surface area (Å²) in [5, 5.41) is 3.53. The highest BCUT2D eigenvalue weighted by Crippen LogP contribution is 2.13. The van der Waals surface area contributed by atoms with Gasteiger partial charge in [-0.1, -0.05) is 37.3 Å². The SMILES string of the molecule is CCCNC(COCCOC(C)(C)C)c1ccccc1. The Hall–Kier alpha value is -0.900. The zero-order valence-electron chi connectivity index (χ0n) is 13.3. The quantitative estimate of drug-likeness (QED) is 0.701. The molecule has 1 unspecified atom stereocenters. The molecule has 0 spiro atoms. The first-order valence-corrected chi connectivity index (χ1v) is 7.53. The van der Waals surface area contributed by atoms with E-state index in [0.717, 1.165) is 13.0 Å². The van der Waals surface area contributed by atoms with Gasteiger partial charge >= 0.3 is 0 Å². The molecule has 3 nitrogen and oxygen atoms in total. The zero-order valence-corrected chi connectivity index (χ0v) is 13.3. The molecule has 20 heavy (non-hydrogen) atoms. The normalized spacial score (nSPS) is 13.4. The van der Waals surface area contributed by atoms with Crippen molar-refractivity contribution in [1.29, 1.82) is 0 Å². The first-order chi connectivity index (χ1) is 9.53. The predicted molar refractivity (Wildman–Crippen MR) is 84.0 cm³/mol. The molecule has 1 aromatic rings. The maximum Gasteiger partial charge on any atom is 0.0707 e. The van der Waals surface area contributed by atoms with Crippen LogP contribution in [0.25, 0.3) is 0 Å². The molecule has 0 saturated heterocycles. The predicted octanol–water partition coefficient (Wildman–Crippen LogP) is 3.56. The lowest BCUT2D eigenvalue weighted by Crippen LogP contribution is -2.27. The van der Waals surface area contributed by atoms with Crippen LogP contribution in [-0.2, 0) is 9.47 Å². The van der Waals surface area contributed by atoms with E-state index in [-0.39, 0.29) is 11.6 Å². The van der Waals surface area contributed by atoms with Crippen LogP contribution in [0.1, 0.15) is 45.7 Å². The lowest BCUT2D eigenvalue weighted by atomic mass is 10.1. The summed E-state index contributed by atoms with van der Waals surface area (Å²) in [4.78, 5) is 0. The Morgan fingerprint density at radius 2 is 1.80 bits per heavy atom. The molecule has 0 fully saturated rings. The van der Waals surface area contributed by atoms with E-state index in [1.807, 2.05) is 6.07 Å². The lowest BCUT2D eigenvalue weighted by molar-refractivity contribution is -0.0374. The van der Waals surface area contributed by atoms with Crippen molar-refractivity contribution in [2.75, 3.05) is 26.4 Å². The number of ether oxygens (including phenoxy) is 2. The van der Waals surface area contributed by atoms with Crippen molar-refractivity contribution in [3.05, 3.63) is 35.9 Å². The minimum atomic E-state index is -0.0946. The number of nitrogens with one attached hydrogen (secondary N) is 1. The van der Waals surface area contributed by atoms with Gasteiger partial charge in [-0.05, 0) is 39.3 Å². The van der Waals surface area contributed by atoms with Gasteiger partial charge in [-0.25, -0.2) is 0 Å². The van der Waals surface area contributed by atoms with Gasteiger partial charge in [0.05, 0.1) is 31.5 Å². The molecule has 0 heterocycles. The Bertz CT molecular complexity index is 346. The molecule has 0 aliphatic carbocycles. The average molecular weight is 279 g/mol. The van der Waals surface area contributed by atoms with E-state index < -0.39 is 0 Å². The van der Waals surface area contributed by atoms with Crippen LogP contribution in [0.4, 0.5) is 0 Å². The second-order valence-electron chi connectivity index (χ2n) is 5.95. The van der Waals surface area contributed by atoms with E-state index >= 15 is 0 Å². The molecule has 3 heteroatoms. The molecule has 0 radical (unpaired) electrons. The van der Waals surface area contributed by atoms with Crippen molar-refractivity contribution in [1.82, 2.24) is 5.32 Å². The molecule has 1 aromatic carbocycles. The highest BCUT2D eigenvalue weighted by molar-refractivity contribution is 5.18. The molecular weight excluding hydrogens is 250 g/mol. The second-order valence-corrected chi connectivity index (χ2v) is 5.95. The van der Waals surface area contributed by atoms with Crippen LogP contribution in [-0.4, -0.2) is 32.0 Å². The van der Waals surface area contributed by atoms with Gasteiger partial charge in [0, 0.05) is 0 Å². The van der Waals surface area contributed by atoms with Crippen LogP contribution in [0.15, 0.2) is 30.3 Å². The summed E-state index contributed by atoms with van der Waals surface area (Å²) in [7, 11) is 0. The Kier molecular flexibility index (Phi) is 7.82. The summed E-state index contributed by atoms with van der Waals surface area (Å²) in [5.74, 6) is 0. The maximum atomic E-state index is 5.76. The van der Waals surface area contributed by atoms with E-state index in [1.165, 1.54) is 5.56 Å². The third-order valence-electron chi connectivity index (χ3n) is 2.89. The van der Waals surface area contributed by atoms with Crippen molar-refractivity contribution in [3.8, 4) is 0 Å². The summed E-state index contributed by atoms with van der Waals surface area (Å²) >= 11 is 0. The van der Waals surface area contributed by atoms with Crippen molar-refractivity contribution in [2.45, 2.75) is 45.8 Å². The summed E-state index contributed by atoms with van der Waals surface area (Å²) in [5.41, 5.74) is 1.18. The van der Waals surface area contributed by atoms with Crippen LogP contribution in [0.3, 0.4) is 0 Å². The van der Waals surface area contributed by atoms with Gasteiger partial charge in [0.2, 0.25) is 0 Å². The van der Waals surface area contributed by atoms with Gasteiger partial charge in [0.15, 0.2) is 0 Å². The molecule has 0 aliphatic heterocycles. The minimum Gasteiger partial charge on any atom is -0.377 e. The zero-order chi connectivity index (χ0) is 14.8. The van der Waals surface area contributed by atoms with E-state index in [0.29, 0.717) is 19.8 Å². The molecule has 114 valence electrons. The molecule has 1 rings (SSSR count). The van der Waals surface area contributed by atoms with E-state index in [9.17, 15) is 0 Å². The van der Waals surface area contributed by atoms with Crippen LogP contribution in [0.2, 0.25) is 0 Å². The van der Waals surface area contributed by atoms with Crippen LogP contribution < -0.4 is 5.32 Å². The summed E-state index contributed by atoms with van der Waals surface area (Å²) in [6.07, 6.45) is 1.12. The number of benzene rings is 1. The van der Waals surface area contributed by atoms with Gasteiger partial charge in [-0.3, -0.25) is 0 Å². The molecule has 0 saturated carbocycles. The fraction of sp³-hybridized carbons (Fsp3) is 0.647. The summed E-state index contributed by atoms with van der Waals surface area (Å²) < 4.78 is 11.4. The highest BCUT2D eigenvalue weighted by atomic mass is 16.5. The Labute approximate surface area is 123 Å². The molecule has 0 aromatic heterocycles. The molecule has 0 bridgehead atoms. The number of hydrogen-bond donors (Lipinski definition) is 1. The van der Waals surface area contributed by atoms with Crippen LogP contribution in [0, 0.1) is 0 Å². The van der Waals surface area contributed by atoms with Crippen molar-refractivity contribution in [3.63, 3.8) is 0 Å². The van der Waals surface area contributed by atoms with Gasteiger partial charge in [0.25, 0.3) is 0 Å². The fourth-order valence-corrected chi connectivity index (χ4v) is 1.88. The summed E-state index contributed by atoms with van der Waals surface area (Å²) in [6.45, 7) is 11.3. The smallest absolute Gasteiger partial charge is 0.0707 e. The molecule has 1 atom stereocenters. The molecular formula is C17H29NO2. The molecule has 0 aliphatic rings. The fourth-order valence-electron chi connectivity index (χ4n) is 1.88. The van der Waals surface area contributed by atoms with E-state index in [2.05, 4.69) is 57.3 Å². The van der Waals surface area contributed by atoms with Gasteiger partial charge in [-0.2, -0.15) is 0 Å². The lowest BCUT2D eigenvalue weighted by Gasteiger charge is -2.21. The second kappa shape index (κ2) is 9.11. The standard InChI is InChI=1S/C17H29NO2/c1-5-11-18-16(15-9-7-6-8-10-15)14-19-12-13-20-17(2,3)4/h6-10,16,18H,5,11-14H2,1-4H3. The highest BCUT2D eigenvalue weighted by Gasteiger charge is 2.12. The first-order valence-electron chi connectivity index (χ1n) is 7.53.